The first-order valence-corrected chi connectivity index (χ1v) is 8.20. The van der Waals surface area contributed by atoms with Crippen LogP contribution in [0.15, 0.2) is 18.5 Å². The normalized spacial score (nSPS) is 12.0. The number of fused-ring (bicyclic) bond motifs is 1. The van der Waals surface area contributed by atoms with Crippen LogP contribution in [0.4, 0.5) is 0 Å². The van der Waals surface area contributed by atoms with Crippen LogP contribution in [0.5, 0.6) is 0 Å². The molecule has 5 nitrogen and oxygen atoms in total. The van der Waals surface area contributed by atoms with Crippen molar-refractivity contribution in [3.05, 3.63) is 35.3 Å². The van der Waals surface area contributed by atoms with Crippen molar-refractivity contribution in [1.29, 1.82) is 0 Å². The van der Waals surface area contributed by atoms with Gasteiger partial charge in [0.15, 0.2) is 5.69 Å². The van der Waals surface area contributed by atoms with Crippen molar-refractivity contribution in [2.24, 2.45) is 0 Å². The van der Waals surface area contributed by atoms with Gasteiger partial charge in [-0.25, -0.2) is 9.78 Å². The highest BCUT2D eigenvalue weighted by molar-refractivity contribution is 5.88. The van der Waals surface area contributed by atoms with Gasteiger partial charge in [0.2, 0.25) is 0 Å². The van der Waals surface area contributed by atoms with Gasteiger partial charge >= 0.3 is 5.97 Å². The van der Waals surface area contributed by atoms with E-state index in [9.17, 15) is 4.79 Å². The molecule has 0 saturated heterocycles. The molecule has 0 saturated carbocycles. The number of aromatic nitrogens is 2. The Bertz CT molecular complexity index is 647. The van der Waals surface area contributed by atoms with E-state index in [-0.39, 0.29) is 6.10 Å². The quantitative estimate of drug-likeness (QED) is 0.768. The Balaban J connectivity index is 0.00000127. The van der Waals surface area contributed by atoms with Crippen LogP contribution in [0.2, 0.25) is 0 Å². The molecule has 0 amide bonds. The molecule has 0 fully saturated rings. The first kappa shape index (κ1) is 19.2. The molecule has 5 heteroatoms. The molecule has 128 valence electrons. The summed E-state index contributed by atoms with van der Waals surface area (Å²) in [5.41, 5.74) is 3.20. The van der Waals surface area contributed by atoms with Crippen molar-refractivity contribution in [2.45, 2.75) is 53.6 Å². The van der Waals surface area contributed by atoms with E-state index in [2.05, 4.69) is 24.9 Å². The zero-order chi connectivity index (χ0) is 17.6. The Kier molecular flexibility index (Phi) is 7.23. The molecule has 0 unspecified atom stereocenters. The number of nitrogens with zero attached hydrogens (tertiary/aromatic N) is 2. The van der Waals surface area contributed by atoms with Gasteiger partial charge in [-0.05, 0) is 31.4 Å². The number of hydrogen-bond donors (Lipinski definition) is 0. The van der Waals surface area contributed by atoms with Crippen LogP contribution in [0.1, 0.15) is 75.2 Å². The average molecular weight is 320 g/mol. The standard InChI is InChI=1S/C16H22N2O3.C2H6/c1-6-21-16(19)14-9-18-8-12(10(2)3)7-13(11(4)20-5)15(18)17-14;1-2/h7-11H,6H2,1-5H3;1-2H3/t11-;/m1./s1. The number of ether oxygens (including phenoxy) is 2. The van der Waals surface area contributed by atoms with Gasteiger partial charge < -0.3 is 13.9 Å². The summed E-state index contributed by atoms with van der Waals surface area (Å²) < 4.78 is 12.3. The third-order valence-corrected chi connectivity index (χ3v) is 3.54. The summed E-state index contributed by atoms with van der Waals surface area (Å²) in [6.07, 6.45) is 3.62. The molecule has 0 aliphatic rings. The predicted octanol–water partition coefficient (Wildman–Crippen LogP) is 4.37. The molecule has 2 aromatic heterocycles. The van der Waals surface area contributed by atoms with Crippen molar-refractivity contribution in [2.75, 3.05) is 13.7 Å². The Morgan fingerprint density at radius 3 is 2.43 bits per heavy atom. The number of carbonyl (C=O) groups is 1. The highest BCUT2D eigenvalue weighted by atomic mass is 16.5. The van der Waals surface area contributed by atoms with Gasteiger partial charge in [0.1, 0.15) is 5.65 Å². The highest BCUT2D eigenvalue weighted by Crippen LogP contribution is 2.26. The Labute approximate surface area is 138 Å². The van der Waals surface area contributed by atoms with E-state index >= 15 is 0 Å². The maximum atomic E-state index is 11.9. The summed E-state index contributed by atoms with van der Waals surface area (Å²) in [4.78, 5) is 16.3. The van der Waals surface area contributed by atoms with Crippen LogP contribution < -0.4 is 0 Å². The first-order valence-electron chi connectivity index (χ1n) is 8.20. The van der Waals surface area contributed by atoms with Gasteiger partial charge in [0.05, 0.1) is 12.7 Å². The van der Waals surface area contributed by atoms with Crippen molar-refractivity contribution in [3.8, 4) is 0 Å². The highest BCUT2D eigenvalue weighted by Gasteiger charge is 2.18. The van der Waals surface area contributed by atoms with Crippen LogP contribution >= 0.6 is 0 Å². The number of hydrogen-bond acceptors (Lipinski definition) is 4. The van der Waals surface area contributed by atoms with Crippen LogP contribution in [-0.2, 0) is 9.47 Å². The number of carbonyl (C=O) groups excluding carboxylic acids is 1. The van der Waals surface area contributed by atoms with Gasteiger partial charge in [-0.1, -0.05) is 27.7 Å². The van der Waals surface area contributed by atoms with Crippen molar-refractivity contribution in [1.82, 2.24) is 9.38 Å². The minimum absolute atomic E-state index is 0.0938. The summed E-state index contributed by atoms with van der Waals surface area (Å²) in [6.45, 7) is 12.4. The molecule has 0 aliphatic heterocycles. The molecule has 1 atom stereocenters. The van der Waals surface area contributed by atoms with Gasteiger partial charge in [0, 0.05) is 25.1 Å². The molecule has 0 spiro atoms. The molecular weight excluding hydrogens is 292 g/mol. The minimum atomic E-state index is -0.400. The van der Waals surface area contributed by atoms with Gasteiger partial charge in [0.25, 0.3) is 0 Å². The Morgan fingerprint density at radius 2 is 1.91 bits per heavy atom. The summed E-state index contributed by atoms with van der Waals surface area (Å²) >= 11 is 0. The minimum Gasteiger partial charge on any atom is -0.461 e. The van der Waals surface area contributed by atoms with Gasteiger partial charge in [-0.15, -0.1) is 0 Å². The van der Waals surface area contributed by atoms with E-state index in [1.54, 1.807) is 20.2 Å². The van der Waals surface area contributed by atoms with E-state index in [0.29, 0.717) is 18.2 Å². The summed E-state index contributed by atoms with van der Waals surface area (Å²) in [7, 11) is 1.67. The van der Waals surface area contributed by atoms with Gasteiger partial charge in [-0.3, -0.25) is 0 Å². The van der Waals surface area contributed by atoms with Gasteiger partial charge in [-0.2, -0.15) is 0 Å². The molecule has 2 aromatic rings. The number of imidazole rings is 1. The molecular formula is C18H28N2O3. The monoisotopic (exact) mass is 320 g/mol. The SMILES string of the molecule is CC.CCOC(=O)c1cn2cc(C(C)C)cc([C@@H](C)OC)c2n1. The maximum absolute atomic E-state index is 11.9. The Morgan fingerprint density at radius 1 is 1.26 bits per heavy atom. The largest absolute Gasteiger partial charge is 0.461 e. The van der Waals surface area contributed by atoms with E-state index in [4.69, 9.17) is 9.47 Å². The molecule has 0 bridgehead atoms. The zero-order valence-electron chi connectivity index (χ0n) is 15.2. The molecule has 0 aromatic carbocycles. The van der Waals surface area contributed by atoms with E-state index in [1.165, 1.54) is 5.56 Å². The van der Waals surface area contributed by atoms with Crippen molar-refractivity contribution in [3.63, 3.8) is 0 Å². The third kappa shape index (κ3) is 4.32. The van der Waals surface area contributed by atoms with E-state index < -0.39 is 5.97 Å². The van der Waals surface area contributed by atoms with Crippen LogP contribution in [0.25, 0.3) is 5.65 Å². The predicted molar refractivity (Wildman–Crippen MR) is 92.0 cm³/mol. The lowest BCUT2D eigenvalue weighted by molar-refractivity contribution is 0.0520. The third-order valence-electron chi connectivity index (χ3n) is 3.54. The smallest absolute Gasteiger partial charge is 0.358 e. The number of pyridine rings is 1. The van der Waals surface area contributed by atoms with Crippen LogP contribution in [0, 0.1) is 0 Å². The topological polar surface area (TPSA) is 52.8 Å². The maximum Gasteiger partial charge on any atom is 0.358 e. The average Bonchev–Trinajstić information content (AvgIpc) is 2.99. The second-order valence-electron chi connectivity index (χ2n) is 5.34. The molecule has 2 heterocycles. The number of methoxy groups -OCH3 is 1. The Hall–Kier alpha value is -1.88. The zero-order valence-corrected chi connectivity index (χ0v) is 15.2. The molecule has 23 heavy (non-hydrogen) atoms. The van der Waals surface area contributed by atoms with Crippen LogP contribution in [-0.4, -0.2) is 29.1 Å². The first-order chi connectivity index (χ1) is 11.0. The molecule has 2 rings (SSSR count). The number of rotatable bonds is 5. The summed E-state index contributed by atoms with van der Waals surface area (Å²) in [5, 5.41) is 0. The fourth-order valence-corrected chi connectivity index (χ4v) is 2.19. The van der Waals surface area contributed by atoms with E-state index in [0.717, 1.165) is 11.2 Å². The lowest BCUT2D eigenvalue weighted by atomic mass is 10.0. The van der Waals surface area contributed by atoms with E-state index in [1.807, 2.05) is 31.4 Å². The second-order valence-corrected chi connectivity index (χ2v) is 5.34. The second kappa shape index (κ2) is 8.67. The lowest BCUT2D eigenvalue weighted by Gasteiger charge is -2.14. The molecule has 0 radical (unpaired) electrons. The van der Waals surface area contributed by atoms with Crippen molar-refractivity contribution < 1.29 is 14.3 Å². The summed E-state index contributed by atoms with van der Waals surface area (Å²) in [6, 6.07) is 2.09. The molecule has 0 N–H and O–H groups in total. The fraction of sp³-hybridized carbons (Fsp3) is 0.556. The summed E-state index contributed by atoms with van der Waals surface area (Å²) in [5.74, 6) is -0.0195. The fourth-order valence-electron chi connectivity index (χ4n) is 2.19. The number of esters is 1. The molecule has 0 aliphatic carbocycles. The van der Waals surface area contributed by atoms with Crippen LogP contribution in [0.3, 0.4) is 0 Å². The van der Waals surface area contributed by atoms with Crippen molar-refractivity contribution >= 4 is 11.6 Å². The lowest BCUT2D eigenvalue weighted by Crippen LogP contribution is -2.05.